The topological polar surface area (TPSA) is 51.1 Å². The Morgan fingerprint density at radius 3 is 2.50 bits per heavy atom. The van der Waals surface area contributed by atoms with Crippen molar-refractivity contribution in [1.82, 2.24) is 5.01 Å². The number of fused-ring (bicyclic) bond motifs is 3. The lowest BCUT2D eigenvalue weighted by Crippen LogP contribution is -2.46. The number of carbonyl (C=O) groups excluding carboxylic acids is 1. The van der Waals surface area contributed by atoms with E-state index in [1.165, 1.54) is 0 Å². The van der Waals surface area contributed by atoms with Gasteiger partial charge < -0.3 is 9.47 Å². The van der Waals surface area contributed by atoms with E-state index in [9.17, 15) is 4.79 Å². The van der Waals surface area contributed by atoms with Crippen LogP contribution in [0.25, 0.3) is 0 Å². The molecule has 0 amide bonds. The van der Waals surface area contributed by atoms with Crippen molar-refractivity contribution in [3.05, 3.63) is 93.0 Å². The van der Waals surface area contributed by atoms with Crippen LogP contribution < -0.4 is 9.47 Å². The highest BCUT2D eigenvalue weighted by molar-refractivity contribution is 6.35. The molecule has 0 fully saturated rings. The number of carbonyl (C=O) groups is 1. The first-order chi connectivity index (χ1) is 15.4. The SMILES string of the molecule is COc1ccc(C2=NN3[C@H](C2)c2cc(Cl)cc(Cl)c2O[C@H]3C(=O)c2ccc(C)cc2)cc1. The van der Waals surface area contributed by atoms with Gasteiger partial charge in [0.2, 0.25) is 5.78 Å². The third-order valence-corrected chi connectivity index (χ3v) is 6.29. The standard InChI is InChI=1S/C25H20Cl2N2O3/c1-14-3-5-16(6-4-14)23(30)25-29-22(19-11-17(26)12-20(27)24(19)32-25)13-21(28-29)15-7-9-18(31-2)10-8-15/h3-12,22,25H,13H2,1-2H3/t22-,25+/m1/s1. The number of nitrogens with zero attached hydrogens (tertiary/aromatic N) is 2. The minimum Gasteiger partial charge on any atom is -0.497 e. The molecule has 0 spiro atoms. The van der Waals surface area contributed by atoms with Crippen molar-refractivity contribution in [2.45, 2.75) is 25.6 Å². The van der Waals surface area contributed by atoms with Gasteiger partial charge in [-0.05, 0) is 48.9 Å². The zero-order valence-corrected chi connectivity index (χ0v) is 19.0. The van der Waals surface area contributed by atoms with Gasteiger partial charge >= 0.3 is 0 Å². The van der Waals surface area contributed by atoms with E-state index in [4.69, 9.17) is 37.8 Å². The summed E-state index contributed by atoms with van der Waals surface area (Å²) in [6.07, 6.45) is -0.332. The molecule has 2 aliphatic heterocycles. The molecule has 5 rings (SSSR count). The molecule has 2 heterocycles. The summed E-state index contributed by atoms with van der Waals surface area (Å²) in [6, 6.07) is 18.4. The quantitative estimate of drug-likeness (QED) is 0.438. The van der Waals surface area contributed by atoms with E-state index in [0.717, 1.165) is 28.2 Å². The van der Waals surface area contributed by atoms with Gasteiger partial charge in [0.25, 0.3) is 6.23 Å². The van der Waals surface area contributed by atoms with Crippen molar-refractivity contribution >= 4 is 34.7 Å². The van der Waals surface area contributed by atoms with Crippen LogP contribution in [0.5, 0.6) is 11.5 Å². The van der Waals surface area contributed by atoms with E-state index in [1.54, 1.807) is 30.3 Å². The van der Waals surface area contributed by atoms with E-state index >= 15 is 0 Å². The molecule has 0 radical (unpaired) electrons. The molecule has 0 bridgehead atoms. The first-order valence-electron chi connectivity index (χ1n) is 10.2. The highest BCUT2D eigenvalue weighted by Crippen LogP contribution is 2.47. The second-order valence-corrected chi connectivity index (χ2v) is 8.73. The van der Waals surface area contributed by atoms with Crippen LogP contribution in [0.3, 0.4) is 0 Å². The lowest BCUT2D eigenvalue weighted by atomic mass is 9.95. The Kier molecular flexibility index (Phi) is 5.31. The van der Waals surface area contributed by atoms with Gasteiger partial charge in [-0.15, -0.1) is 0 Å². The second kappa shape index (κ2) is 8.15. The smallest absolute Gasteiger partial charge is 0.251 e. The monoisotopic (exact) mass is 466 g/mol. The molecular weight excluding hydrogens is 447 g/mol. The third kappa shape index (κ3) is 3.61. The first kappa shape index (κ1) is 20.9. The predicted octanol–water partition coefficient (Wildman–Crippen LogP) is 6.06. The number of hydrogen-bond acceptors (Lipinski definition) is 5. The Bertz CT molecular complexity index is 1220. The lowest BCUT2D eigenvalue weighted by Gasteiger charge is -2.37. The number of methoxy groups -OCH3 is 1. The Hall–Kier alpha value is -3.02. The summed E-state index contributed by atoms with van der Waals surface area (Å²) in [4.78, 5) is 13.4. The number of ether oxygens (including phenoxy) is 2. The van der Waals surface area contributed by atoms with E-state index in [-0.39, 0.29) is 11.8 Å². The fourth-order valence-corrected chi connectivity index (χ4v) is 4.66. The molecule has 3 aromatic carbocycles. The summed E-state index contributed by atoms with van der Waals surface area (Å²) in [7, 11) is 1.63. The number of aryl methyl sites for hydroxylation is 1. The van der Waals surface area contributed by atoms with Crippen LogP contribution in [0.2, 0.25) is 10.0 Å². The molecule has 3 aromatic rings. The van der Waals surface area contributed by atoms with Gasteiger partial charge in [0.05, 0.1) is 23.9 Å². The summed E-state index contributed by atoms with van der Waals surface area (Å²) in [5.41, 5.74) is 4.26. The number of Topliss-reactive ketones (excluding diaryl/α,β-unsaturated/α-hetero) is 1. The normalized spacial score (nSPS) is 19.0. The number of halogens is 2. The molecule has 0 unspecified atom stereocenters. The Labute approximate surface area is 196 Å². The molecule has 0 aliphatic carbocycles. The van der Waals surface area contributed by atoms with Crippen LogP contribution in [-0.2, 0) is 0 Å². The maximum atomic E-state index is 13.4. The van der Waals surface area contributed by atoms with Crippen LogP contribution in [0.4, 0.5) is 0 Å². The molecule has 0 N–H and O–H groups in total. The van der Waals surface area contributed by atoms with E-state index in [1.807, 2.05) is 49.4 Å². The van der Waals surface area contributed by atoms with Crippen molar-refractivity contribution in [3.63, 3.8) is 0 Å². The number of benzene rings is 3. The summed E-state index contributed by atoms with van der Waals surface area (Å²) in [5.74, 6) is 1.07. The van der Waals surface area contributed by atoms with Crippen LogP contribution in [-0.4, -0.2) is 29.8 Å². The van der Waals surface area contributed by atoms with Gasteiger partial charge in [-0.1, -0.05) is 53.0 Å². The van der Waals surface area contributed by atoms with Crippen LogP contribution in [0, 0.1) is 6.92 Å². The molecule has 7 heteroatoms. The maximum absolute atomic E-state index is 13.4. The van der Waals surface area contributed by atoms with Crippen molar-refractivity contribution in [2.75, 3.05) is 7.11 Å². The van der Waals surface area contributed by atoms with E-state index < -0.39 is 6.23 Å². The Morgan fingerprint density at radius 1 is 1.09 bits per heavy atom. The Balaban J connectivity index is 1.57. The van der Waals surface area contributed by atoms with E-state index in [2.05, 4.69) is 0 Å². The van der Waals surface area contributed by atoms with Gasteiger partial charge in [0, 0.05) is 22.6 Å². The Morgan fingerprint density at radius 2 is 1.81 bits per heavy atom. The molecular formula is C25H20Cl2N2O3. The van der Waals surface area contributed by atoms with E-state index in [0.29, 0.717) is 27.8 Å². The highest BCUT2D eigenvalue weighted by atomic mass is 35.5. The molecule has 2 atom stereocenters. The average molecular weight is 467 g/mol. The fraction of sp³-hybridized carbons (Fsp3) is 0.200. The molecule has 2 aliphatic rings. The van der Waals surface area contributed by atoms with Crippen molar-refractivity contribution in [1.29, 1.82) is 0 Å². The first-order valence-corrected chi connectivity index (χ1v) is 11.0. The van der Waals surface area contributed by atoms with Crippen molar-refractivity contribution in [2.24, 2.45) is 5.10 Å². The molecule has 5 nitrogen and oxygen atoms in total. The minimum atomic E-state index is -0.926. The lowest BCUT2D eigenvalue weighted by molar-refractivity contribution is -0.00447. The zero-order valence-electron chi connectivity index (χ0n) is 17.5. The maximum Gasteiger partial charge on any atom is 0.251 e. The van der Waals surface area contributed by atoms with Gasteiger partial charge in [0.15, 0.2) is 0 Å². The summed E-state index contributed by atoms with van der Waals surface area (Å²) >= 11 is 12.8. The minimum absolute atomic E-state index is 0.175. The molecule has 0 saturated heterocycles. The largest absolute Gasteiger partial charge is 0.497 e. The molecule has 0 aromatic heterocycles. The molecule has 32 heavy (non-hydrogen) atoms. The van der Waals surface area contributed by atoms with Crippen molar-refractivity contribution in [3.8, 4) is 11.5 Å². The van der Waals surface area contributed by atoms with Crippen LogP contribution in [0.1, 0.15) is 39.5 Å². The summed E-state index contributed by atoms with van der Waals surface area (Å²) in [6.45, 7) is 1.98. The highest BCUT2D eigenvalue weighted by Gasteiger charge is 2.44. The second-order valence-electron chi connectivity index (χ2n) is 7.88. The molecule has 162 valence electrons. The van der Waals surface area contributed by atoms with Crippen molar-refractivity contribution < 1.29 is 14.3 Å². The summed E-state index contributed by atoms with van der Waals surface area (Å²) in [5, 5.41) is 7.44. The van der Waals surface area contributed by atoms with Gasteiger partial charge in [0.1, 0.15) is 11.5 Å². The van der Waals surface area contributed by atoms with Crippen LogP contribution >= 0.6 is 23.2 Å². The van der Waals surface area contributed by atoms with Gasteiger partial charge in [-0.3, -0.25) is 4.79 Å². The fourth-order valence-electron chi connectivity index (χ4n) is 4.11. The number of ketones is 1. The number of rotatable bonds is 4. The third-order valence-electron chi connectivity index (χ3n) is 5.79. The summed E-state index contributed by atoms with van der Waals surface area (Å²) < 4.78 is 11.4. The number of hydrogen-bond donors (Lipinski definition) is 0. The average Bonchev–Trinajstić information content (AvgIpc) is 3.25. The van der Waals surface area contributed by atoms with Gasteiger partial charge in [-0.2, -0.15) is 5.10 Å². The van der Waals surface area contributed by atoms with Gasteiger partial charge in [-0.25, -0.2) is 5.01 Å². The molecule has 0 saturated carbocycles. The zero-order chi connectivity index (χ0) is 22.4. The van der Waals surface area contributed by atoms with Crippen LogP contribution in [0.15, 0.2) is 65.8 Å². The predicted molar refractivity (Wildman–Crippen MR) is 125 cm³/mol. The number of hydrazone groups is 1.